The highest BCUT2D eigenvalue weighted by molar-refractivity contribution is 5.89. The van der Waals surface area contributed by atoms with Crippen LogP contribution >= 0.6 is 0 Å². The van der Waals surface area contributed by atoms with Crippen LogP contribution in [-0.2, 0) is 11.3 Å². The van der Waals surface area contributed by atoms with Gasteiger partial charge in [-0.15, -0.1) is 0 Å². The number of imidazole rings is 1. The molecule has 1 saturated carbocycles. The molecule has 0 unspecified atom stereocenters. The van der Waals surface area contributed by atoms with Gasteiger partial charge in [0.15, 0.2) is 0 Å². The van der Waals surface area contributed by atoms with Crippen LogP contribution in [0, 0.1) is 11.7 Å². The van der Waals surface area contributed by atoms with E-state index >= 15 is 0 Å². The van der Waals surface area contributed by atoms with Gasteiger partial charge in [-0.05, 0) is 80.9 Å². The average molecular weight is 445 g/mol. The number of aromatic nitrogens is 4. The summed E-state index contributed by atoms with van der Waals surface area (Å²) in [6.45, 7) is 0.787. The largest absolute Gasteiger partial charge is 0.305 e. The number of carbonyl (C=O) groups excluding carboxylic acids is 1. The Morgan fingerprint density at radius 2 is 1.94 bits per heavy atom. The molecular weight excluding hydrogens is 419 g/mol. The van der Waals surface area contributed by atoms with Crippen molar-refractivity contribution in [2.45, 2.75) is 25.8 Å². The molecule has 4 aromatic rings. The first kappa shape index (κ1) is 21.2. The highest BCUT2D eigenvalue weighted by Gasteiger charge is 2.25. The zero-order chi connectivity index (χ0) is 22.9. The molecule has 1 aliphatic carbocycles. The Kier molecular flexibility index (Phi) is 5.60. The van der Waals surface area contributed by atoms with Crippen molar-refractivity contribution >= 4 is 17.5 Å². The molecule has 0 spiro atoms. The first-order chi connectivity index (χ1) is 16.0. The lowest BCUT2D eigenvalue weighted by atomic mass is 10.1. The van der Waals surface area contributed by atoms with Gasteiger partial charge in [0.25, 0.3) is 0 Å². The second kappa shape index (κ2) is 8.71. The Bertz CT molecular complexity index is 1310. The van der Waals surface area contributed by atoms with Crippen molar-refractivity contribution in [2.24, 2.45) is 5.92 Å². The molecule has 3 aromatic heterocycles. The molecule has 1 aromatic carbocycles. The highest BCUT2D eigenvalue weighted by Crippen LogP contribution is 2.34. The first-order valence-corrected chi connectivity index (χ1v) is 11.0. The van der Waals surface area contributed by atoms with Gasteiger partial charge in [0.05, 0.1) is 17.1 Å². The molecule has 0 aliphatic heterocycles. The minimum absolute atomic E-state index is 0.0696. The normalized spacial score (nSPS) is 13.6. The fraction of sp³-hybridized carbons (Fsp3) is 0.280. The van der Waals surface area contributed by atoms with Gasteiger partial charge < -0.3 is 4.90 Å². The number of halogens is 1. The van der Waals surface area contributed by atoms with E-state index in [0.717, 1.165) is 41.9 Å². The van der Waals surface area contributed by atoms with E-state index in [1.54, 1.807) is 24.4 Å². The summed E-state index contributed by atoms with van der Waals surface area (Å²) in [4.78, 5) is 28.1. The summed E-state index contributed by atoms with van der Waals surface area (Å²) in [5.41, 5.74) is 4.74. The third-order valence-corrected chi connectivity index (χ3v) is 5.63. The van der Waals surface area contributed by atoms with E-state index in [1.807, 2.05) is 36.8 Å². The fourth-order valence-corrected chi connectivity index (χ4v) is 3.91. The Morgan fingerprint density at radius 3 is 2.67 bits per heavy atom. The fourth-order valence-electron chi connectivity index (χ4n) is 3.91. The Morgan fingerprint density at radius 1 is 1.15 bits per heavy atom. The zero-order valence-electron chi connectivity index (χ0n) is 18.6. The maximum Gasteiger partial charge on any atom is 0.229 e. The smallest absolute Gasteiger partial charge is 0.229 e. The lowest BCUT2D eigenvalue weighted by Crippen LogP contribution is -2.14. The Hall–Kier alpha value is -3.65. The maximum absolute atomic E-state index is 13.6. The van der Waals surface area contributed by atoms with E-state index in [4.69, 9.17) is 4.98 Å². The Balaban J connectivity index is 1.59. The molecule has 5 rings (SSSR count). The maximum atomic E-state index is 13.6. The van der Waals surface area contributed by atoms with Gasteiger partial charge in [0, 0.05) is 30.9 Å². The number of nitrogens with one attached hydrogen (secondary N) is 1. The number of hydrogen-bond donors (Lipinski definition) is 1. The molecule has 7 nitrogen and oxygen atoms in total. The third-order valence-electron chi connectivity index (χ3n) is 5.63. The number of anilines is 1. The summed E-state index contributed by atoms with van der Waals surface area (Å²) in [6, 6.07) is 12.1. The van der Waals surface area contributed by atoms with E-state index in [0.29, 0.717) is 23.7 Å². The van der Waals surface area contributed by atoms with Crippen LogP contribution in [0.4, 0.5) is 10.3 Å². The molecule has 0 atom stereocenters. The van der Waals surface area contributed by atoms with Gasteiger partial charge in [-0.1, -0.05) is 0 Å². The van der Waals surface area contributed by atoms with Crippen LogP contribution in [-0.4, -0.2) is 44.3 Å². The minimum Gasteiger partial charge on any atom is -0.305 e. The molecule has 1 N–H and O–H groups in total. The predicted octanol–water partition coefficient (Wildman–Crippen LogP) is 4.40. The molecule has 1 amide bonds. The van der Waals surface area contributed by atoms with Gasteiger partial charge in [-0.2, -0.15) is 0 Å². The van der Waals surface area contributed by atoms with Gasteiger partial charge >= 0.3 is 0 Å². The lowest BCUT2D eigenvalue weighted by molar-refractivity contribution is -0.116. The quantitative estimate of drug-likeness (QED) is 0.457. The summed E-state index contributed by atoms with van der Waals surface area (Å²) in [5, 5.41) is 2.82. The van der Waals surface area contributed by atoms with Crippen LogP contribution in [0.5, 0.6) is 0 Å². The first-order valence-electron chi connectivity index (χ1n) is 11.0. The molecular formula is C25H25FN6O. The predicted molar refractivity (Wildman–Crippen MR) is 125 cm³/mol. The van der Waals surface area contributed by atoms with Crippen molar-refractivity contribution in [1.29, 1.82) is 0 Å². The topological polar surface area (TPSA) is 75.4 Å². The summed E-state index contributed by atoms with van der Waals surface area (Å²) in [5.74, 6) is 0.371. The van der Waals surface area contributed by atoms with Crippen LogP contribution in [0.3, 0.4) is 0 Å². The van der Waals surface area contributed by atoms with Crippen LogP contribution < -0.4 is 5.32 Å². The molecule has 33 heavy (non-hydrogen) atoms. The van der Waals surface area contributed by atoms with Crippen molar-refractivity contribution in [3.63, 3.8) is 0 Å². The van der Waals surface area contributed by atoms with Crippen molar-refractivity contribution < 1.29 is 9.18 Å². The van der Waals surface area contributed by atoms with Crippen molar-refractivity contribution in [3.8, 4) is 22.6 Å². The van der Waals surface area contributed by atoms with Crippen LogP contribution in [0.25, 0.3) is 28.3 Å². The lowest BCUT2D eigenvalue weighted by Gasteiger charge is -2.10. The number of pyridine rings is 1. The molecule has 1 fully saturated rings. The van der Waals surface area contributed by atoms with Crippen LogP contribution in [0.2, 0.25) is 0 Å². The Labute approximate surface area is 191 Å². The second-order valence-corrected chi connectivity index (χ2v) is 8.78. The van der Waals surface area contributed by atoms with Gasteiger partial charge in [-0.3, -0.25) is 14.5 Å². The molecule has 3 heterocycles. The zero-order valence-corrected chi connectivity index (χ0v) is 18.6. The second-order valence-electron chi connectivity index (χ2n) is 8.78. The third kappa shape index (κ3) is 4.75. The number of nitrogens with zero attached hydrogens (tertiary/aromatic N) is 5. The SMILES string of the molecule is CN(C)Cc1ccn2c(-c3ccnc(NC(=O)CC4CC4)n3)c(-c3ccc(F)cc3)nc2c1. The van der Waals surface area contributed by atoms with Gasteiger partial charge in [0.1, 0.15) is 11.5 Å². The molecule has 1 aliphatic rings. The summed E-state index contributed by atoms with van der Waals surface area (Å²) in [6.07, 6.45) is 6.30. The van der Waals surface area contributed by atoms with Gasteiger partial charge in [-0.25, -0.2) is 19.3 Å². The number of fused-ring (bicyclic) bond motifs is 1. The number of hydrogen-bond acceptors (Lipinski definition) is 5. The molecule has 0 saturated heterocycles. The summed E-state index contributed by atoms with van der Waals surface area (Å²) < 4.78 is 15.6. The van der Waals surface area contributed by atoms with Crippen molar-refractivity contribution in [2.75, 3.05) is 19.4 Å². The summed E-state index contributed by atoms with van der Waals surface area (Å²) in [7, 11) is 4.04. The molecule has 8 heteroatoms. The van der Waals surface area contributed by atoms with E-state index in [2.05, 4.69) is 20.2 Å². The van der Waals surface area contributed by atoms with E-state index in [9.17, 15) is 9.18 Å². The van der Waals surface area contributed by atoms with Crippen molar-refractivity contribution in [1.82, 2.24) is 24.3 Å². The average Bonchev–Trinajstić information content (AvgIpc) is 3.50. The highest BCUT2D eigenvalue weighted by atomic mass is 19.1. The molecule has 168 valence electrons. The van der Waals surface area contributed by atoms with E-state index in [1.165, 1.54) is 12.1 Å². The van der Waals surface area contributed by atoms with E-state index < -0.39 is 0 Å². The number of carbonyl (C=O) groups is 1. The minimum atomic E-state index is -0.306. The van der Waals surface area contributed by atoms with Gasteiger partial charge in [0.2, 0.25) is 11.9 Å². The standard InChI is InChI=1S/C25H25FN6O/c1-31(2)15-17-10-12-32-21(13-17)29-23(18-5-7-19(26)8-6-18)24(32)20-9-11-27-25(28-20)30-22(33)14-16-3-4-16/h5-13,16H,3-4,14-15H2,1-2H3,(H,27,28,30,33). The monoisotopic (exact) mass is 444 g/mol. The molecule has 0 radical (unpaired) electrons. The van der Waals surface area contributed by atoms with E-state index in [-0.39, 0.29) is 17.7 Å². The number of rotatable bonds is 7. The van der Waals surface area contributed by atoms with Crippen LogP contribution in [0.15, 0.2) is 54.9 Å². The van der Waals surface area contributed by atoms with Crippen LogP contribution in [0.1, 0.15) is 24.8 Å². The number of amides is 1. The number of benzene rings is 1. The molecule has 0 bridgehead atoms. The summed E-state index contributed by atoms with van der Waals surface area (Å²) >= 11 is 0. The van der Waals surface area contributed by atoms with Crippen molar-refractivity contribution in [3.05, 3.63) is 66.2 Å².